The summed E-state index contributed by atoms with van der Waals surface area (Å²) >= 11 is 1.18. The number of hydrogen-bond donors (Lipinski definition) is 1. The molecule has 0 saturated carbocycles. The molecule has 18 heavy (non-hydrogen) atoms. The van der Waals surface area contributed by atoms with Crippen molar-refractivity contribution in [1.82, 2.24) is 13.7 Å². The highest BCUT2D eigenvalue weighted by atomic mass is 32.1. The van der Waals surface area contributed by atoms with Gasteiger partial charge in [-0.15, -0.1) is 0 Å². The third-order valence-corrected chi connectivity index (χ3v) is 3.40. The fourth-order valence-electron chi connectivity index (χ4n) is 1.92. The van der Waals surface area contributed by atoms with E-state index in [1.54, 1.807) is 6.20 Å². The third-order valence-electron chi connectivity index (χ3n) is 2.91. The van der Waals surface area contributed by atoms with Gasteiger partial charge in [-0.1, -0.05) is 12.1 Å². The van der Waals surface area contributed by atoms with Crippen molar-refractivity contribution in [2.24, 2.45) is 5.73 Å². The van der Waals surface area contributed by atoms with Gasteiger partial charge in [0, 0.05) is 11.1 Å². The Morgan fingerprint density at radius 1 is 1.22 bits per heavy atom. The molecule has 90 valence electrons. The Kier molecular flexibility index (Phi) is 2.77. The molecule has 3 aromatic rings. The summed E-state index contributed by atoms with van der Waals surface area (Å²) in [7, 11) is 0. The molecular formula is C13H12N4S. The van der Waals surface area contributed by atoms with E-state index >= 15 is 0 Å². The Bertz CT molecular complexity index is 679. The van der Waals surface area contributed by atoms with Crippen LogP contribution in [0.5, 0.6) is 0 Å². The Hall–Kier alpha value is -1.85. The zero-order valence-corrected chi connectivity index (χ0v) is 10.7. The quantitative estimate of drug-likeness (QED) is 0.765. The van der Waals surface area contributed by atoms with E-state index in [4.69, 9.17) is 5.73 Å². The fraction of sp³-hybridized carbons (Fsp3) is 0.154. The summed E-state index contributed by atoms with van der Waals surface area (Å²) in [5.41, 5.74) is 10.0. The smallest absolute Gasteiger partial charge is 0.0955 e. The van der Waals surface area contributed by atoms with Gasteiger partial charge in [0.15, 0.2) is 0 Å². The Balaban J connectivity index is 2.06. The molecule has 1 unspecified atom stereocenters. The van der Waals surface area contributed by atoms with E-state index in [-0.39, 0.29) is 6.04 Å². The molecule has 2 N–H and O–H groups in total. The lowest BCUT2D eigenvalue weighted by molar-refractivity contribution is 0.845. The van der Waals surface area contributed by atoms with Gasteiger partial charge >= 0.3 is 0 Å². The molecule has 1 atom stereocenters. The van der Waals surface area contributed by atoms with Crippen molar-refractivity contribution >= 4 is 22.6 Å². The minimum atomic E-state index is -0.227. The first-order valence-corrected chi connectivity index (χ1v) is 6.37. The van der Waals surface area contributed by atoms with Crippen molar-refractivity contribution in [3.8, 4) is 0 Å². The minimum absolute atomic E-state index is 0.227. The molecule has 0 bridgehead atoms. The van der Waals surface area contributed by atoms with E-state index in [1.165, 1.54) is 11.7 Å². The maximum Gasteiger partial charge on any atom is 0.0955 e. The summed E-state index contributed by atoms with van der Waals surface area (Å²) < 4.78 is 8.16. The van der Waals surface area contributed by atoms with Gasteiger partial charge in [-0.2, -0.15) is 8.75 Å². The van der Waals surface area contributed by atoms with Gasteiger partial charge < -0.3 is 5.73 Å². The lowest BCUT2D eigenvalue weighted by atomic mass is 10.0. The molecule has 0 aliphatic rings. The normalized spacial score (nSPS) is 12.8. The third kappa shape index (κ3) is 1.98. The molecule has 4 nitrogen and oxygen atoms in total. The van der Waals surface area contributed by atoms with Gasteiger partial charge in [0.25, 0.3) is 0 Å². The first-order chi connectivity index (χ1) is 8.74. The molecular weight excluding hydrogens is 244 g/mol. The maximum absolute atomic E-state index is 6.17. The highest BCUT2D eigenvalue weighted by molar-refractivity contribution is 6.99. The molecule has 5 heteroatoms. The fourth-order valence-corrected chi connectivity index (χ4v) is 2.38. The molecule has 2 heterocycles. The molecule has 0 aliphatic heterocycles. The number of aromatic nitrogens is 3. The standard InChI is InChI=1S/C13H12N4S/c1-8-2-3-9-6-10(4-5-11(9)16-8)13(14)12-7-15-18-17-12/h2-7,13H,14H2,1H3. The predicted octanol–water partition coefficient (Wildman–Crippen LogP) is 2.44. The second kappa shape index (κ2) is 4.44. The molecule has 0 aliphatic carbocycles. The second-order valence-corrected chi connectivity index (χ2v) is 4.77. The molecule has 0 amide bonds. The predicted molar refractivity (Wildman–Crippen MR) is 72.4 cm³/mol. The van der Waals surface area contributed by atoms with Crippen LogP contribution < -0.4 is 5.73 Å². The van der Waals surface area contributed by atoms with Crippen molar-refractivity contribution in [3.63, 3.8) is 0 Å². The lowest BCUT2D eigenvalue weighted by Crippen LogP contribution is -2.12. The average Bonchev–Trinajstić information content (AvgIpc) is 2.91. The summed E-state index contributed by atoms with van der Waals surface area (Å²) in [6, 6.07) is 9.89. The van der Waals surface area contributed by atoms with Crippen molar-refractivity contribution in [2.75, 3.05) is 0 Å². The molecule has 0 spiro atoms. The van der Waals surface area contributed by atoms with E-state index in [0.717, 1.165) is 27.9 Å². The molecule has 2 aromatic heterocycles. The van der Waals surface area contributed by atoms with Gasteiger partial charge in [-0.3, -0.25) is 4.98 Å². The van der Waals surface area contributed by atoms with Crippen LogP contribution in [-0.2, 0) is 0 Å². The summed E-state index contributed by atoms with van der Waals surface area (Å²) in [6.45, 7) is 1.99. The van der Waals surface area contributed by atoms with Crippen molar-refractivity contribution in [1.29, 1.82) is 0 Å². The topological polar surface area (TPSA) is 64.7 Å². The van der Waals surface area contributed by atoms with Crippen LogP contribution in [0.1, 0.15) is 23.0 Å². The molecule has 0 saturated heterocycles. The zero-order chi connectivity index (χ0) is 12.5. The van der Waals surface area contributed by atoms with Crippen LogP contribution in [0, 0.1) is 6.92 Å². The number of rotatable bonds is 2. The average molecular weight is 256 g/mol. The molecule has 3 rings (SSSR count). The van der Waals surface area contributed by atoms with E-state index in [2.05, 4.69) is 25.9 Å². The summed E-state index contributed by atoms with van der Waals surface area (Å²) in [6.07, 6.45) is 1.72. The Labute approximate surface area is 109 Å². The Morgan fingerprint density at radius 2 is 2.11 bits per heavy atom. The highest BCUT2D eigenvalue weighted by Gasteiger charge is 2.12. The van der Waals surface area contributed by atoms with Crippen LogP contribution in [0.15, 0.2) is 36.5 Å². The van der Waals surface area contributed by atoms with E-state index in [0.29, 0.717) is 0 Å². The number of nitrogens with zero attached hydrogens (tertiary/aromatic N) is 3. The van der Waals surface area contributed by atoms with Gasteiger partial charge in [0.2, 0.25) is 0 Å². The Morgan fingerprint density at radius 3 is 2.89 bits per heavy atom. The van der Waals surface area contributed by atoms with Crippen LogP contribution >= 0.6 is 11.7 Å². The van der Waals surface area contributed by atoms with Crippen molar-refractivity contribution in [3.05, 3.63) is 53.5 Å². The second-order valence-electron chi connectivity index (χ2n) is 4.21. The van der Waals surface area contributed by atoms with Crippen LogP contribution in [0.25, 0.3) is 10.9 Å². The van der Waals surface area contributed by atoms with Gasteiger partial charge in [0.1, 0.15) is 0 Å². The number of aryl methyl sites for hydroxylation is 1. The maximum atomic E-state index is 6.17. The summed E-state index contributed by atoms with van der Waals surface area (Å²) in [4.78, 5) is 4.47. The SMILES string of the molecule is Cc1ccc2cc(C(N)c3cnsn3)ccc2n1. The summed E-state index contributed by atoms with van der Waals surface area (Å²) in [5, 5.41) is 1.09. The highest BCUT2D eigenvalue weighted by Crippen LogP contribution is 2.22. The van der Waals surface area contributed by atoms with Crippen molar-refractivity contribution < 1.29 is 0 Å². The number of nitrogens with two attached hydrogens (primary N) is 1. The van der Waals surface area contributed by atoms with E-state index in [9.17, 15) is 0 Å². The first-order valence-electron chi connectivity index (χ1n) is 5.64. The van der Waals surface area contributed by atoms with Crippen LogP contribution in [-0.4, -0.2) is 13.7 Å². The first kappa shape index (κ1) is 11.3. The number of fused-ring (bicyclic) bond motifs is 1. The van der Waals surface area contributed by atoms with Gasteiger partial charge in [0.05, 0.1) is 35.2 Å². The van der Waals surface area contributed by atoms with Gasteiger partial charge in [-0.05, 0) is 30.7 Å². The molecule has 0 fully saturated rings. The largest absolute Gasteiger partial charge is 0.319 e. The van der Waals surface area contributed by atoms with Gasteiger partial charge in [-0.25, -0.2) is 0 Å². The molecule has 1 aromatic carbocycles. The number of pyridine rings is 1. The monoisotopic (exact) mass is 256 g/mol. The zero-order valence-electron chi connectivity index (χ0n) is 9.87. The number of benzene rings is 1. The minimum Gasteiger partial charge on any atom is -0.319 e. The van der Waals surface area contributed by atoms with Crippen LogP contribution in [0.2, 0.25) is 0 Å². The lowest BCUT2D eigenvalue weighted by Gasteiger charge is -2.09. The van der Waals surface area contributed by atoms with E-state index < -0.39 is 0 Å². The number of hydrogen-bond acceptors (Lipinski definition) is 5. The van der Waals surface area contributed by atoms with Crippen molar-refractivity contribution in [2.45, 2.75) is 13.0 Å². The van der Waals surface area contributed by atoms with Crippen LogP contribution in [0.3, 0.4) is 0 Å². The van der Waals surface area contributed by atoms with E-state index in [1.807, 2.05) is 25.1 Å². The van der Waals surface area contributed by atoms with Crippen LogP contribution in [0.4, 0.5) is 0 Å². The summed E-state index contributed by atoms with van der Waals surface area (Å²) in [5.74, 6) is 0. The molecule has 0 radical (unpaired) electrons.